The van der Waals surface area contributed by atoms with Gasteiger partial charge in [-0.15, -0.1) is 0 Å². The van der Waals surface area contributed by atoms with Crippen LogP contribution in [0, 0.1) is 5.41 Å². The maximum Gasteiger partial charge on any atom is 0.0286 e. The second-order valence-corrected chi connectivity index (χ2v) is 7.01. The Morgan fingerprint density at radius 1 is 1.12 bits per heavy atom. The fourth-order valence-electron chi connectivity index (χ4n) is 1.87. The minimum absolute atomic E-state index is 0.127. The van der Waals surface area contributed by atoms with Crippen molar-refractivity contribution in [2.24, 2.45) is 11.1 Å². The number of unbranched alkanes of at least 4 members (excludes halogenated alkanes) is 1. The van der Waals surface area contributed by atoms with Gasteiger partial charge in [0.25, 0.3) is 0 Å². The largest absolute Gasteiger partial charge is 0.330 e. The van der Waals surface area contributed by atoms with Crippen molar-refractivity contribution in [3.8, 4) is 0 Å². The first-order chi connectivity index (χ1) is 7.58. The van der Waals surface area contributed by atoms with E-state index in [1.165, 1.54) is 12.0 Å². The van der Waals surface area contributed by atoms with Crippen LogP contribution < -0.4 is 11.1 Å². The summed E-state index contributed by atoms with van der Waals surface area (Å²) in [6, 6.07) is 0.390. The summed E-state index contributed by atoms with van der Waals surface area (Å²) >= 11 is 0. The standard InChI is InChI=1S/C15H32N2/c1-12(14(2,3)4)13(10-8-9-11-16)17-15(5,6)7/h13,17H,1,8-11,16H2,2-7H3. The molecule has 1 unspecified atom stereocenters. The molecule has 0 aliphatic heterocycles. The SMILES string of the molecule is C=C(C(CCCCN)NC(C)(C)C)C(C)(C)C. The number of hydrogen-bond donors (Lipinski definition) is 2. The lowest BCUT2D eigenvalue weighted by Crippen LogP contribution is -2.46. The minimum atomic E-state index is 0.127. The van der Waals surface area contributed by atoms with Gasteiger partial charge in [0.15, 0.2) is 0 Å². The average molecular weight is 240 g/mol. The molecule has 0 saturated heterocycles. The van der Waals surface area contributed by atoms with Crippen molar-refractivity contribution in [3.05, 3.63) is 12.2 Å². The van der Waals surface area contributed by atoms with Crippen molar-refractivity contribution in [2.45, 2.75) is 72.4 Å². The fourth-order valence-corrected chi connectivity index (χ4v) is 1.87. The van der Waals surface area contributed by atoms with Crippen LogP contribution in [0.25, 0.3) is 0 Å². The molecular formula is C15H32N2. The third kappa shape index (κ3) is 7.56. The van der Waals surface area contributed by atoms with E-state index in [0.29, 0.717) is 6.04 Å². The van der Waals surface area contributed by atoms with Crippen LogP contribution in [0.2, 0.25) is 0 Å². The molecule has 1 atom stereocenters. The Balaban J connectivity index is 4.56. The Labute approximate surface area is 108 Å². The molecule has 2 nitrogen and oxygen atoms in total. The van der Waals surface area contributed by atoms with Crippen LogP contribution >= 0.6 is 0 Å². The van der Waals surface area contributed by atoms with Gasteiger partial charge < -0.3 is 11.1 Å². The highest BCUT2D eigenvalue weighted by molar-refractivity contribution is 5.14. The Morgan fingerprint density at radius 3 is 2.00 bits per heavy atom. The molecular weight excluding hydrogens is 208 g/mol. The first kappa shape index (κ1) is 16.7. The third-order valence-electron chi connectivity index (χ3n) is 2.94. The molecule has 0 heterocycles. The molecule has 0 aromatic rings. The summed E-state index contributed by atoms with van der Waals surface area (Å²) in [6.45, 7) is 18.4. The van der Waals surface area contributed by atoms with Crippen LogP contribution in [-0.4, -0.2) is 18.1 Å². The van der Waals surface area contributed by atoms with Gasteiger partial charge in [-0.1, -0.05) is 39.3 Å². The van der Waals surface area contributed by atoms with E-state index >= 15 is 0 Å². The van der Waals surface area contributed by atoms with E-state index in [4.69, 9.17) is 5.73 Å². The fraction of sp³-hybridized carbons (Fsp3) is 0.867. The predicted octanol–water partition coefficient (Wildman–Crippen LogP) is 3.47. The molecule has 0 rings (SSSR count). The quantitative estimate of drug-likeness (QED) is 0.551. The molecule has 0 amide bonds. The van der Waals surface area contributed by atoms with Crippen molar-refractivity contribution in [3.63, 3.8) is 0 Å². The molecule has 2 heteroatoms. The third-order valence-corrected chi connectivity index (χ3v) is 2.94. The first-order valence-corrected chi connectivity index (χ1v) is 6.75. The van der Waals surface area contributed by atoms with Gasteiger partial charge in [-0.25, -0.2) is 0 Å². The van der Waals surface area contributed by atoms with Crippen molar-refractivity contribution >= 4 is 0 Å². The normalized spacial score (nSPS) is 14.8. The maximum atomic E-state index is 5.56. The van der Waals surface area contributed by atoms with Crippen molar-refractivity contribution in [1.29, 1.82) is 0 Å². The second kappa shape index (κ2) is 6.55. The highest BCUT2D eigenvalue weighted by atomic mass is 15.0. The molecule has 0 aromatic heterocycles. The summed E-state index contributed by atoms with van der Waals surface area (Å²) < 4.78 is 0. The van der Waals surface area contributed by atoms with Crippen LogP contribution in [0.15, 0.2) is 12.2 Å². The molecule has 17 heavy (non-hydrogen) atoms. The maximum absolute atomic E-state index is 5.56. The minimum Gasteiger partial charge on any atom is -0.330 e. The zero-order valence-electron chi connectivity index (χ0n) is 12.7. The zero-order chi connectivity index (χ0) is 13.7. The molecule has 0 spiro atoms. The molecule has 0 radical (unpaired) electrons. The van der Waals surface area contributed by atoms with Gasteiger partial charge in [0.05, 0.1) is 0 Å². The van der Waals surface area contributed by atoms with Crippen LogP contribution in [0.5, 0.6) is 0 Å². The summed E-state index contributed by atoms with van der Waals surface area (Å²) in [4.78, 5) is 0. The average Bonchev–Trinajstić information content (AvgIpc) is 2.12. The Hall–Kier alpha value is -0.340. The monoisotopic (exact) mass is 240 g/mol. The van der Waals surface area contributed by atoms with E-state index in [2.05, 4.69) is 53.4 Å². The van der Waals surface area contributed by atoms with Gasteiger partial charge in [-0.2, -0.15) is 0 Å². The van der Waals surface area contributed by atoms with Crippen LogP contribution in [0.1, 0.15) is 60.8 Å². The van der Waals surface area contributed by atoms with E-state index in [1.807, 2.05) is 0 Å². The Morgan fingerprint density at radius 2 is 1.65 bits per heavy atom. The lowest BCUT2D eigenvalue weighted by molar-refractivity contribution is 0.329. The zero-order valence-corrected chi connectivity index (χ0v) is 12.7. The lowest BCUT2D eigenvalue weighted by Gasteiger charge is -2.35. The molecule has 3 N–H and O–H groups in total. The smallest absolute Gasteiger partial charge is 0.0286 e. The molecule has 0 aromatic carbocycles. The van der Waals surface area contributed by atoms with E-state index in [1.54, 1.807) is 0 Å². The highest BCUT2D eigenvalue weighted by Gasteiger charge is 2.26. The van der Waals surface area contributed by atoms with Crippen molar-refractivity contribution < 1.29 is 0 Å². The van der Waals surface area contributed by atoms with Crippen LogP contribution in [-0.2, 0) is 0 Å². The lowest BCUT2D eigenvalue weighted by atomic mass is 9.81. The predicted molar refractivity (Wildman–Crippen MR) is 78.2 cm³/mol. The molecule has 0 bridgehead atoms. The number of rotatable bonds is 6. The van der Waals surface area contributed by atoms with Crippen LogP contribution in [0.3, 0.4) is 0 Å². The second-order valence-electron chi connectivity index (χ2n) is 7.01. The molecule has 102 valence electrons. The first-order valence-electron chi connectivity index (χ1n) is 6.75. The van der Waals surface area contributed by atoms with E-state index in [9.17, 15) is 0 Å². The molecule has 0 fully saturated rings. The summed E-state index contributed by atoms with van der Waals surface area (Å²) in [5, 5.41) is 3.68. The summed E-state index contributed by atoms with van der Waals surface area (Å²) in [7, 11) is 0. The number of nitrogens with one attached hydrogen (secondary N) is 1. The Bertz CT molecular complexity index is 230. The van der Waals surface area contributed by atoms with Gasteiger partial charge in [0.1, 0.15) is 0 Å². The molecule has 0 saturated carbocycles. The summed E-state index contributed by atoms with van der Waals surface area (Å²) in [5.74, 6) is 0. The molecule has 0 aliphatic carbocycles. The summed E-state index contributed by atoms with van der Waals surface area (Å²) in [6.07, 6.45) is 3.39. The van der Waals surface area contributed by atoms with Crippen LogP contribution in [0.4, 0.5) is 0 Å². The van der Waals surface area contributed by atoms with Gasteiger partial charge in [-0.05, 0) is 45.6 Å². The number of hydrogen-bond acceptors (Lipinski definition) is 2. The summed E-state index contributed by atoms with van der Waals surface area (Å²) in [5.41, 5.74) is 7.14. The van der Waals surface area contributed by atoms with Gasteiger partial charge in [0, 0.05) is 11.6 Å². The molecule has 0 aliphatic rings. The van der Waals surface area contributed by atoms with E-state index in [0.717, 1.165) is 19.4 Å². The van der Waals surface area contributed by atoms with Gasteiger partial charge >= 0.3 is 0 Å². The topological polar surface area (TPSA) is 38.0 Å². The van der Waals surface area contributed by atoms with Crippen molar-refractivity contribution in [2.75, 3.05) is 6.54 Å². The van der Waals surface area contributed by atoms with Gasteiger partial charge in [0.2, 0.25) is 0 Å². The van der Waals surface area contributed by atoms with Crippen molar-refractivity contribution in [1.82, 2.24) is 5.32 Å². The Kier molecular flexibility index (Phi) is 6.42. The highest BCUT2D eigenvalue weighted by Crippen LogP contribution is 2.29. The van der Waals surface area contributed by atoms with E-state index < -0.39 is 0 Å². The van der Waals surface area contributed by atoms with Gasteiger partial charge in [-0.3, -0.25) is 0 Å². The number of nitrogens with two attached hydrogens (primary N) is 1. The van der Waals surface area contributed by atoms with E-state index in [-0.39, 0.29) is 11.0 Å².